The molecule has 0 aromatic carbocycles. The second-order valence-electron chi connectivity index (χ2n) is 2.38. The molecule has 64 valence electrons. The highest BCUT2D eigenvalue weighted by Crippen LogP contribution is 1.93. The van der Waals surface area contributed by atoms with Crippen molar-refractivity contribution in [3.8, 4) is 0 Å². The lowest BCUT2D eigenvalue weighted by Crippen LogP contribution is -2.44. The summed E-state index contributed by atoms with van der Waals surface area (Å²) in [6.07, 6.45) is -1.01. The van der Waals surface area contributed by atoms with Crippen molar-refractivity contribution in [3.05, 3.63) is 0 Å². The Kier molecular flexibility index (Phi) is 3.13. The van der Waals surface area contributed by atoms with Gasteiger partial charge in [0.25, 0.3) is 0 Å². The molecular weight excluding hydrogens is 148 g/mol. The zero-order valence-corrected chi connectivity index (χ0v) is 6.17. The van der Waals surface area contributed by atoms with E-state index >= 15 is 0 Å². The Balaban J connectivity index is 2.09. The van der Waals surface area contributed by atoms with Gasteiger partial charge in [0.15, 0.2) is 0 Å². The predicted octanol–water partition coefficient (Wildman–Crippen LogP) is -0.758. The van der Waals surface area contributed by atoms with E-state index in [-0.39, 0.29) is 6.10 Å². The molecular formula is C6H12N2O3. The first kappa shape index (κ1) is 8.29. The fraction of sp³-hybridized carbons (Fsp3) is 0.833. The average molecular weight is 160 g/mol. The molecule has 1 fully saturated rings. The number of rotatable bonds is 2. The van der Waals surface area contributed by atoms with Gasteiger partial charge in [-0.2, -0.15) is 0 Å². The summed E-state index contributed by atoms with van der Waals surface area (Å²) in [6, 6.07) is 0. The van der Waals surface area contributed by atoms with Gasteiger partial charge in [-0.15, -0.1) is 0 Å². The van der Waals surface area contributed by atoms with Crippen LogP contribution < -0.4 is 10.6 Å². The summed E-state index contributed by atoms with van der Waals surface area (Å²) in [4.78, 5) is 10.1. The number of nitrogens with one attached hydrogen (secondary N) is 2. The van der Waals surface area contributed by atoms with Crippen LogP contribution in [0.3, 0.4) is 0 Å². The molecule has 0 bridgehead atoms. The van der Waals surface area contributed by atoms with Gasteiger partial charge >= 0.3 is 6.09 Å². The topological polar surface area (TPSA) is 70.6 Å². The van der Waals surface area contributed by atoms with Crippen molar-refractivity contribution in [1.29, 1.82) is 0 Å². The van der Waals surface area contributed by atoms with Crippen LogP contribution in [-0.4, -0.2) is 43.5 Å². The van der Waals surface area contributed by atoms with Crippen molar-refractivity contribution in [2.24, 2.45) is 0 Å². The Morgan fingerprint density at radius 3 is 3.18 bits per heavy atom. The molecule has 0 spiro atoms. The van der Waals surface area contributed by atoms with E-state index in [0.717, 1.165) is 13.1 Å². The maximum absolute atomic E-state index is 10.1. The molecule has 0 unspecified atom stereocenters. The van der Waals surface area contributed by atoms with E-state index in [4.69, 9.17) is 9.84 Å². The summed E-state index contributed by atoms with van der Waals surface area (Å²) >= 11 is 0. The highest BCUT2D eigenvalue weighted by Gasteiger charge is 2.13. The quantitative estimate of drug-likeness (QED) is 0.496. The Labute approximate surface area is 64.7 Å². The third-order valence-corrected chi connectivity index (χ3v) is 1.49. The monoisotopic (exact) mass is 160 g/mol. The van der Waals surface area contributed by atoms with Gasteiger partial charge in [0.1, 0.15) is 0 Å². The van der Waals surface area contributed by atoms with Crippen molar-refractivity contribution in [2.45, 2.75) is 6.10 Å². The highest BCUT2D eigenvalue weighted by atomic mass is 16.5. The van der Waals surface area contributed by atoms with Crippen molar-refractivity contribution in [3.63, 3.8) is 0 Å². The SMILES string of the molecule is O=C(O)NC[C@H]1CNCCO1. The van der Waals surface area contributed by atoms with Gasteiger partial charge < -0.3 is 20.5 Å². The molecule has 3 N–H and O–H groups in total. The molecule has 11 heavy (non-hydrogen) atoms. The lowest BCUT2D eigenvalue weighted by Gasteiger charge is -2.23. The molecule has 1 aliphatic rings. The normalized spacial score (nSPS) is 24.5. The first-order chi connectivity index (χ1) is 5.29. The highest BCUT2D eigenvalue weighted by molar-refractivity contribution is 5.64. The van der Waals surface area contributed by atoms with E-state index in [2.05, 4.69) is 10.6 Å². The minimum atomic E-state index is -1.00. The molecule has 0 aliphatic carbocycles. The van der Waals surface area contributed by atoms with Crippen LogP contribution in [-0.2, 0) is 4.74 Å². The molecule has 0 aromatic heterocycles. The van der Waals surface area contributed by atoms with Gasteiger partial charge in [-0.25, -0.2) is 4.79 Å². The summed E-state index contributed by atoms with van der Waals surface area (Å²) in [5, 5.41) is 13.6. The van der Waals surface area contributed by atoms with Crippen LogP contribution in [0, 0.1) is 0 Å². The smallest absolute Gasteiger partial charge is 0.404 e. The molecule has 1 rings (SSSR count). The standard InChI is InChI=1S/C6H12N2O3/c9-6(10)8-4-5-3-7-1-2-11-5/h5,7-8H,1-4H2,(H,9,10)/t5-/m1/s1. The third kappa shape index (κ3) is 3.20. The molecule has 5 heteroatoms. The van der Waals surface area contributed by atoms with E-state index in [1.165, 1.54) is 0 Å². The van der Waals surface area contributed by atoms with Crippen LogP contribution in [0.15, 0.2) is 0 Å². The van der Waals surface area contributed by atoms with Crippen LogP contribution in [0.1, 0.15) is 0 Å². The third-order valence-electron chi connectivity index (χ3n) is 1.49. The average Bonchev–Trinajstić information content (AvgIpc) is 2.03. The largest absolute Gasteiger partial charge is 0.465 e. The summed E-state index contributed by atoms with van der Waals surface area (Å²) in [5.74, 6) is 0. The minimum absolute atomic E-state index is 0.0140. The molecule has 0 saturated carbocycles. The van der Waals surface area contributed by atoms with E-state index in [0.29, 0.717) is 13.2 Å². The zero-order chi connectivity index (χ0) is 8.10. The molecule has 0 radical (unpaired) electrons. The van der Waals surface area contributed by atoms with Gasteiger partial charge in [-0.05, 0) is 0 Å². The number of hydrogen-bond acceptors (Lipinski definition) is 3. The lowest BCUT2D eigenvalue weighted by atomic mass is 10.3. The predicted molar refractivity (Wildman–Crippen MR) is 38.6 cm³/mol. The molecule has 1 atom stereocenters. The molecule has 1 heterocycles. The second kappa shape index (κ2) is 4.15. The van der Waals surface area contributed by atoms with Gasteiger partial charge in [-0.3, -0.25) is 0 Å². The van der Waals surface area contributed by atoms with Gasteiger partial charge in [0.2, 0.25) is 0 Å². The van der Waals surface area contributed by atoms with Crippen molar-refractivity contribution in [1.82, 2.24) is 10.6 Å². The maximum atomic E-state index is 10.1. The Morgan fingerprint density at radius 2 is 2.64 bits per heavy atom. The number of carboxylic acid groups (broad SMARTS) is 1. The lowest BCUT2D eigenvalue weighted by molar-refractivity contribution is 0.0295. The first-order valence-corrected chi connectivity index (χ1v) is 3.58. The number of ether oxygens (including phenoxy) is 1. The molecule has 1 aliphatic heterocycles. The minimum Gasteiger partial charge on any atom is -0.465 e. The van der Waals surface area contributed by atoms with Crippen LogP contribution in [0.2, 0.25) is 0 Å². The first-order valence-electron chi connectivity index (χ1n) is 3.58. The van der Waals surface area contributed by atoms with Crippen molar-refractivity contribution < 1.29 is 14.6 Å². The van der Waals surface area contributed by atoms with E-state index < -0.39 is 6.09 Å². The summed E-state index contributed by atoms with van der Waals surface area (Å²) in [6.45, 7) is 2.60. The second-order valence-corrected chi connectivity index (χ2v) is 2.38. The van der Waals surface area contributed by atoms with Gasteiger partial charge in [0, 0.05) is 19.6 Å². The Bertz CT molecular complexity index is 134. The van der Waals surface area contributed by atoms with E-state index in [1.807, 2.05) is 0 Å². The number of carbonyl (C=O) groups is 1. The molecule has 1 saturated heterocycles. The molecule has 1 amide bonds. The fourth-order valence-electron chi connectivity index (χ4n) is 0.952. The number of amides is 1. The fourth-order valence-corrected chi connectivity index (χ4v) is 0.952. The summed E-state index contributed by atoms with van der Waals surface area (Å²) in [7, 11) is 0. The number of hydrogen-bond donors (Lipinski definition) is 3. The van der Waals surface area contributed by atoms with Gasteiger partial charge in [0.05, 0.1) is 12.7 Å². The van der Waals surface area contributed by atoms with Crippen LogP contribution in [0.4, 0.5) is 4.79 Å². The van der Waals surface area contributed by atoms with Crippen LogP contribution >= 0.6 is 0 Å². The summed E-state index contributed by atoms with van der Waals surface area (Å²) in [5.41, 5.74) is 0. The van der Waals surface area contributed by atoms with E-state index in [1.54, 1.807) is 0 Å². The van der Waals surface area contributed by atoms with Crippen LogP contribution in [0.25, 0.3) is 0 Å². The maximum Gasteiger partial charge on any atom is 0.404 e. The van der Waals surface area contributed by atoms with Crippen molar-refractivity contribution in [2.75, 3.05) is 26.2 Å². The Hall–Kier alpha value is -0.810. The zero-order valence-electron chi connectivity index (χ0n) is 6.17. The molecule has 5 nitrogen and oxygen atoms in total. The van der Waals surface area contributed by atoms with Crippen LogP contribution in [0.5, 0.6) is 0 Å². The van der Waals surface area contributed by atoms with Crippen molar-refractivity contribution >= 4 is 6.09 Å². The number of morpholine rings is 1. The van der Waals surface area contributed by atoms with E-state index in [9.17, 15) is 4.79 Å². The summed E-state index contributed by atoms with van der Waals surface area (Å²) < 4.78 is 5.24. The Morgan fingerprint density at radius 1 is 1.82 bits per heavy atom. The molecule has 0 aromatic rings. The van der Waals surface area contributed by atoms with Gasteiger partial charge in [-0.1, -0.05) is 0 Å².